The summed E-state index contributed by atoms with van der Waals surface area (Å²) in [6.45, 7) is 13.4. The average molecular weight is 252 g/mol. The maximum Gasteiger partial charge on any atom is 0.0223 e. The Morgan fingerprint density at radius 2 is 2.00 bits per heavy atom. The van der Waals surface area contributed by atoms with Gasteiger partial charge in [0, 0.05) is 18.6 Å². The molecule has 1 heterocycles. The lowest BCUT2D eigenvalue weighted by Gasteiger charge is -2.47. The molecule has 0 amide bonds. The van der Waals surface area contributed by atoms with E-state index in [9.17, 15) is 0 Å². The molecule has 0 radical (unpaired) electrons. The predicted molar refractivity (Wildman–Crippen MR) is 78.9 cm³/mol. The van der Waals surface area contributed by atoms with Crippen molar-refractivity contribution in [3.8, 4) is 0 Å². The van der Waals surface area contributed by atoms with Crippen molar-refractivity contribution in [1.29, 1.82) is 0 Å². The predicted octanol–water partition coefficient (Wildman–Crippen LogP) is 3.28. The van der Waals surface area contributed by atoms with Gasteiger partial charge in [-0.25, -0.2) is 0 Å². The van der Waals surface area contributed by atoms with Gasteiger partial charge in [-0.1, -0.05) is 27.7 Å². The molecule has 0 aromatic rings. The smallest absolute Gasteiger partial charge is 0.0223 e. The summed E-state index contributed by atoms with van der Waals surface area (Å²) in [4.78, 5) is 2.81. The second-order valence-corrected chi connectivity index (χ2v) is 7.40. The molecule has 2 rings (SSSR count). The number of piperidine rings is 1. The van der Waals surface area contributed by atoms with E-state index in [0.717, 1.165) is 18.0 Å². The van der Waals surface area contributed by atoms with Crippen LogP contribution < -0.4 is 5.32 Å². The van der Waals surface area contributed by atoms with Crippen LogP contribution in [-0.2, 0) is 0 Å². The van der Waals surface area contributed by atoms with Crippen LogP contribution >= 0.6 is 0 Å². The first-order valence-electron chi connectivity index (χ1n) is 7.98. The van der Waals surface area contributed by atoms with Gasteiger partial charge in [0.2, 0.25) is 0 Å². The Hall–Kier alpha value is -0.0800. The highest BCUT2D eigenvalue weighted by molar-refractivity contribution is 4.91. The summed E-state index contributed by atoms with van der Waals surface area (Å²) >= 11 is 0. The highest BCUT2D eigenvalue weighted by Crippen LogP contribution is 2.41. The standard InChI is InChI=1S/C16H32N2/c1-5-18(14-7-6-8-17-12-14)15-9-13(2)10-16(3,4)11-15/h13-15,17H,5-12H2,1-4H3. The molecule has 3 atom stereocenters. The first-order chi connectivity index (χ1) is 8.52. The zero-order valence-electron chi connectivity index (χ0n) is 12.8. The fourth-order valence-corrected chi connectivity index (χ4v) is 4.48. The highest BCUT2D eigenvalue weighted by Gasteiger charge is 2.36. The van der Waals surface area contributed by atoms with Gasteiger partial charge in [0.25, 0.3) is 0 Å². The van der Waals surface area contributed by atoms with Crippen molar-refractivity contribution in [1.82, 2.24) is 10.2 Å². The van der Waals surface area contributed by atoms with Crippen molar-refractivity contribution >= 4 is 0 Å². The molecule has 0 bridgehead atoms. The van der Waals surface area contributed by atoms with Gasteiger partial charge in [-0.15, -0.1) is 0 Å². The molecule has 1 aliphatic heterocycles. The summed E-state index contributed by atoms with van der Waals surface area (Å²) < 4.78 is 0. The third kappa shape index (κ3) is 3.48. The van der Waals surface area contributed by atoms with Gasteiger partial charge in [-0.05, 0) is 56.5 Å². The Bertz CT molecular complexity index is 256. The molecule has 1 saturated carbocycles. The second-order valence-electron chi connectivity index (χ2n) is 7.40. The van der Waals surface area contributed by atoms with Gasteiger partial charge < -0.3 is 5.32 Å². The summed E-state index contributed by atoms with van der Waals surface area (Å²) in [5.41, 5.74) is 0.540. The van der Waals surface area contributed by atoms with E-state index in [1.54, 1.807) is 0 Å². The fraction of sp³-hybridized carbons (Fsp3) is 1.00. The Kier molecular flexibility index (Phi) is 4.71. The number of hydrogen-bond acceptors (Lipinski definition) is 2. The lowest BCUT2D eigenvalue weighted by molar-refractivity contribution is 0.0349. The quantitative estimate of drug-likeness (QED) is 0.829. The van der Waals surface area contributed by atoms with Crippen molar-refractivity contribution < 1.29 is 0 Å². The minimum atomic E-state index is 0.540. The van der Waals surface area contributed by atoms with Crippen molar-refractivity contribution in [2.45, 2.75) is 71.9 Å². The molecule has 106 valence electrons. The van der Waals surface area contributed by atoms with Crippen molar-refractivity contribution in [2.24, 2.45) is 11.3 Å². The van der Waals surface area contributed by atoms with E-state index < -0.39 is 0 Å². The van der Waals surface area contributed by atoms with Crippen LogP contribution in [0, 0.1) is 11.3 Å². The van der Waals surface area contributed by atoms with Gasteiger partial charge >= 0.3 is 0 Å². The number of hydrogen-bond donors (Lipinski definition) is 1. The fourth-order valence-electron chi connectivity index (χ4n) is 4.48. The van der Waals surface area contributed by atoms with E-state index in [1.807, 2.05) is 0 Å². The third-order valence-electron chi connectivity index (χ3n) is 4.94. The van der Waals surface area contributed by atoms with E-state index in [0.29, 0.717) is 5.41 Å². The second kappa shape index (κ2) is 5.92. The first kappa shape index (κ1) is 14.3. The Morgan fingerprint density at radius 1 is 1.22 bits per heavy atom. The van der Waals surface area contributed by atoms with E-state index in [2.05, 4.69) is 37.9 Å². The average Bonchev–Trinajstić information content (AvgIpc) is 2.28. The molecule has 0 aromatic carbocycles. The summed E-state index contributed by atoms with van der Waals surface area (Å²) in [6.07, 6.45) is 6.96. The topological polar surface area (TPSA) is 15.3 Å². The molecule has 18 heavy (non-hydrogen) atoms. The third-order valence-corrected chi connectivity index (χ3v) is 4.94. The van der Waals surface area contributed by atoms with Crippen molar-refractivity contribution in [2.75, 3.05) is 19.6 Å². The lowest BCUT2D eigenvalue weighted by atomic mass is 9.70. The number of rotatable bonds is 3. The molecule has 2 aliphatic rings. The summed E-state index contributed by atoms with van der Waals surface area (Å²) in [5.74, 6) is 0.893. The lowest BCUT2D eigenvalue weighted by Crippen LogP contribution is -2.53. The maximum absolute atomic E-state index is 3.58. The van der Waals surface area contributed by atoms with E-state index in [-0.39, 0.29) is 0 Å². The van der Waals surface area contributed by atoms with Gasteiger partial charge in [-0.2, -0.15) is 0 Å². The van der Waals surface area contributed by atoms with Crippen LogP contribution in [0.5, 0.6) is 0 Å². The molecule has 0 aromatic heterocycles. The molecule has 1 saturated heterocycles. The van der Waals surface area contributed by atoms with Crippen molar-refractivity contribution in [3.05, 3.63) is 0 Å². The summed E-state index contributed by atoms with van der Waals surface area (Å²) in [5, 5.41) is 3.58. The van der Waals surface area contributed by atoms with Crippen LogP contribution in [-0.4, -0.2) is 36.6 Å². The molecule has 0 spiro atoms. The Morgan fingerprint density at radius 3 is 2.56 bits per heavy atom. The molecule has 1 aliphatic carbocycles. The largest absolute Gasteiger partial charge is 0.315 e. The van der Waals surface area contributed by atoms with Crippen LogP contribution in [0.25, 0.3) is 0 Å². The molecule has 2 heteroatoms. The minimum Gasteiger partial charge on any atom is -0.315 e. The number of nitrogens with one attached hydrogen (secondary N) is 1. The normalized spacial score (nSPS) is 36.8. The van der Waals surface area contributed by atoms with Crippen molar-refractivity contribution in [3.63, 3.8) is 0 Å². The number of likely N-dealkylation sites (N-methyl/N-ethyl adjacent to an activating group) is 1. The van der Waals surface area contributed by atoms with Gasteiger partial charge in [0.15, 0.2) is 0 Å². The molecule has 2 nitrogen and oxygen atoms in total. The zero-order valence-corrected chi connectivity index (χ0v) is 12.8. The summed E-state index contributed by atoms with van der Waals surface area (Å²) in [7, 11) is 0. The van der Waals surface area contributed by atoms with Crippen LogP contribution in [0.15, 0.2) is 0 Å². The molecular weight excluding hydrogens is 220 g/mol. The Labute approximate surface area is 114 Å². The molecule has 2 fully saturated rings. The van der Waals surface area contributed by atoms with Crippen LogP contribution in [0.3, 0.4) is 0 Å². The maximum atomic E-state index is 3.58. The van der Waals surface area contributed by atoms with E-state index in [4.69, 9.17) is 0 Å². The molecule has 1 N–H and O–H groups in total. The first-order valence-corrected chi connectivity index (χ1v) is 7.98. The van der Waals surface area contributed by atoms with Gasteiger partial charge in [0.1, 0.15) is 0 Å². The number of nitrogens with zero attached hydrogens (tertiary/aromatic N) is 1. The van der Waals surface area contributed by atoms with E-state index >= 15 is 0 Å². The van der Waals surface area contributed by atoms with Crippen LogP contribution in [0.4, 0.5) is 0 Å². The summed E-state index contributed by atoms with van der Waals surface area (Å²) in [6, 6.07) is 1.61. The molecule has 3 unspecified atom stereocenters. The van der Waals surface area contributed by atoms with E-state index in [1.165, 1.54) is 51.7 Å². The molecular formula is C16H32N2. The van der Waals surface area contributed by atoms with Crippen LogP contribution in [0.2, 0.25) is 0 Å². The zero-order chi connectivity index (χ0) is 13.2. The SMILES string of the molecule is CCN(C1CCCNC1)C1CC(C)CC(C)(C)C1. The monoisotopic (exact) mass is 252 g/mol. The van der Waals surface area contributed by atoms with Gasteiger partial charge in [-0.3, -0.25) is 4.90 Å². The highest BCUT2D eigenvalue weighted by atomic mass is 15.2. The minimum absolute atomic E-state index is 0.540. The van der Waals surface area contributed by atoms with Crippen LogP contribution in [0.1, 0.15) is 59.8 Å². The van der Waals surface area contributed by atoms with Gasteiger partial charge in [0.05, 0.1) is 0 Å². The Balaban J connectivity index is 2.01.